The molecular weight excluding hydrogens is 422 g/mol. The van der Waals surface area contributed by atoms with Crippen molar-refractivity contribution in [3.8, 4) is 0 Å². The Bertz CT molecular complexity index is 998. The maximum absolute atomic E-state index is 14.1. The first-order valence-corrected chi connectivity index (χ1v) is 10.9. The summed E-state index contributed by atoms with van der Waals surface area (Å²) < 4.78 is 57.7. The molecule has 2 atom stereocenters. The number of halogens is 4. The third-order valence-electron chi connectivity index (χ3n) is 6.29. The molecule has 2 aromatic carbocycles. The van der Waals surface area contributed by atoms with Gasteiger partial charge in [-0.15, -0.1) is 0 Å². The number of hydrogen-bond donors (Lipinski definition) is 1. The van der Waals surface area contributed by atoms with Crippen LogP contribution < -0.4 is 5.32 Å². The molecule has 1 N–H and O–H groups in total. The molecule has 0 spiro atoms. The first-order valence-electron chi connectivity index (χ1n) is 10.9. The molecule has 0 aromatic heterocycles. The smallest absolute Gasteiger partial charge is 0.416 e. The zero-order valence-electron chi connectivity index (χ0n) is 17.6. The van der Waals surface area contributed by atoms with Crippen LogP contribution in [0.3, 0.4) is 0 Å². The standard InChI is InChI=1S/C25H25F4NO2/c26-22-14-21(25(27,28)29)10-11-23(22)30-24(31)19-4-1-3-18(13-19)16-6-8-17(9-7-16)20-5-2-12-32-15-20/h6-11,14-15,18-19H,1-5,12-13H2,(H,30,31). The van der Waals surface area contributed by atoms with E-state index < -0.39 is 17.6 Å². The summed E-state index contributed by atoms with van der Waals surface area (Å²) in [5.74, 6) is -1.54. The van der Waals surface area contributed by atoms with Gasteiger partial charge in [-0.1, -0.05) is 30.7 Å². The summed E-state index contributed by atoms with van der Waals surface area (Å²) in [6.07, 6.45) is 2.31. The molecule has 1 saturated carbocycles. The van der Waals surface area contributed by atoms with E-state index in [0.717, 1.165) is 55.5 Å². The molecule has 0 bridgehead atoms. The molecule has 0 radical (unpaired) electrons. The molecule has 2 aromatic rings. The van der Waals surface area contributed by atoms with E-state index in [0.29, 0.717) is 18.9 Å². The molecule has 1 fully saturated rings. The molecular formula is C25H25F4NO2. The second-order valence-corrected chi connectivity index (χ2v) is 8.48. The van der Waals surface area contributed by atoms with E-state index in [4.69, 9.17) is 4.74 Å². The molecule has 4 rings (SSSR count). The molecule has 0 saturated heterocycles. The van der Waals surface area contributed by atoms with Gasteiger partial charge in [0.1, 0.15) is 5.82 Å². The molecule has 1 aliphatic heterocycles. The SMILES string of the molecule is O=C(Nc1ccc(C(F)(F)F)cc1F)C1CCCC(c2ccc(C3=COCCC3)cc2)C1. The number of alkyl halides is 3. The Hall–Kier alpha value is -2.83. The Labute approximate surface area is 184 Å². The predicted molar refractivity (Wildman–Crippen MR) is 114 cm³/mol. The third-order valence-corrected chi connectivity index (χ3v) is 6.29. The number of amides is 1. The fourth-order valence-electron chi connectivity index (χ4n) is 4.50. The zero-order valence-corrected chi connectivity index (χ0v) is 17.6. The summed E-state index contributed by atoms with van der Waals surface area (Å²) in [5.41, 5.74) is 2.17. The Morgan fingerprint density at radius 2 is 1.81 bits per heavy atom. The van der Waals surface area contributed by atoms with E-state index in [1.807, 2.05) is 6.26 Å². The Morgan fingerprint density at radius 3 is 2.47 bits per heavy atom. The van der Waals surface area contributed by atoms with Crippen LogP contribution in [-0.2, 0) is 15.7 Å². The molecule has 2 aliphatic rings. The summed E-state index contributed by atoms with van der Waals surface area (Å²) in [6.45, 7) is 0.753. The van der Waals surface area contributed by atoms with Crippen LogP contribution in [0.25, 0.3) is 5.57 Å². The highest BCUT2D eigenvalue weighted by Gasteiger charge is 2.32. The minimum Gasteiger partial charge on any atom is -0.501 e. The van der Waals surface area contributed by atoms with Crippen LogP contribution in [0.1, 0.15) is 61.1 Å². The van der Waals surface area contributed by atoms with Crippen molar-refractivity contribution in [2.45, 2.75) is 50.6 Å². The van der Waals surface area contributed by atoms with Gasteiger partial charge in [-0.3, -0.25) is 4.79 Å². The van der Waals surface area contributed by atoms with Gasteiger partial charge >= 0.3 is 6.18 Å². The summed E-state index contributed by atoms with van der Waals surface area (Å²) in [6, 6.07) is 10.5. The first-order chi connectivity index (χ1) is 15.3. The van der Waals surface area contributed by atoms with Gasteiger partial charge in [0.25, 0.3) is 0 Å². The monoisotopic (exact) mass is 447 g/mol. The third kappa shape index (κ3) is 5.14. The van der Waals surface area contributed by atoms with Crippen molar-refractivity contribution in [1.29, 1.82) is 0 Å². The highest BCUT2D eigenvalue weighted by molar-refractivity contribution is 5.92. The van der Waals surface area contributed by atoms with Crippen LogP contribution in [0.4, 0.5) is 23.2 Å². The number of rotatable bonds is 4. The van der Waals surface area contributed by atoms with E-state index in [2.05, 4.69) is 29.6 Å². The van der Waals surface area contributed by atoms with E-state index in [-0.39, 0.29) is 23.4 Å². The van der Waals surface area contributed by atoms with Crippen molar-refractivity contribution >= 4 is 17.2 Å². The lowest BCUT2D eigenvalue weighted by molar-refractivity contribution is -0.137. The number of allylic oxidation sites excluding steroid dienone is 1. The maximum Gasteiger partial charge on any atom is 0.416 e. The summed E-state index contributed by atoms with van der Waals surface area (Å²) in [4.78, 5) is 12.7. The van der Waals surface area contributed by atoms with E-state index in [1.54, 1.807) is 0 Å². The number of hydrogen-bond acceptors (Lipinski definition) is 2. The lowest BCUT2D eigenvalue weighted by atomic mass is 9.77. The molecule has 2 unspecified atom stereocenters. The lowest BCUT2D eigenvalue weighted by Crippen LogP contribution is -2.28. The summed E-state index contributed by atoms with van der Waals surface area (Å²) in [7, 11) is 0. The second kappa shape index (κ2) is 9.35. The maximum atomic E-state index is 14.1. The highest BCUT2D eigenvalue weighted by Crippen LogP contribution is 2.38. The van der Waals surface area contributed by atoms with Crippen LogP contribution in [-0.4, -0.2) is 12.5 Å². The predicted octanol–water partition coefficient (Wildman–Crippen LogP) is 6.91. The van der Waals surface area contributed by atoms with Crippen LogP contribution in [0.5, 0.6) is 0 Å². The summed E-state index contributed by atoms with van der Waals surface area (Å²) >= 11 is 0. The topological polar surface area (TPSA) is 38.3 Å². The number of carbonyl (C=O) groups is 1. The Kier molecular flexibility index (Phi) is 6.53. The number of anilines is 1. The van der Waals surface area contributed by atoms with Crippen molar-refractivity contribution in [2.24, 2.45) is 5.92 Å². The number of ether oxygens (including phenoxy) is 1. The van der Waals surface area contributed by atoms with Gasteiger partial charge in [-0.2, -0.15) is 13.2 Å². The molecule has 3 nitrogen and oxygen atoms in total. The van der Waals surface area contributed by atoms with Crippen molar-refractivity contribution < 1.29 is 27.1 Å². The van der Waals surface area contributed by atoms with Gasteiger partial charge in [0.2, 0.25) is 5.91 Å². The zero-order chi connectivity index (χ0) is 22.7. The van der Waals surface area contributed by atoms with Gasteiger partial charge in [-0.25, -0.2) is 4.39 Å². The lowest BCUT2D eigenvalue weighted by Gasteiger charge is -2.29. The minimum atomic E-state index is -4.63. The number of benzene rings is 2. The first kappa shape index (κ1) is 22.4. The van der Waals surface area contributed by atoms with Gasteiger partial charge in [0.05, 0.1) is 24.1 Å². The molecule has 1 heterocycles. The van der Waals surface area contributed by atoms with E-state index in [9.17, 15) is 22.4 Å². The minimum absolute atomic E-state index is 0.211. The Balaban J connectivity index is 1.40. The molecule has 7 heteroatoms. The normalized spacial score (nSPS) is 21.4. The molecule has 32 heavy (non-hydrogen) atoms. The molecule has 1 amide bonds. The van der Waals surface area contributed by atoms with Gasteiger partial charge in [0.15, 0.2) is 0 Å². The Morgan fingerprint density at radius 1 is 1.03 bits per heavy atom. The van der Waals surface area contributed by atoms with Gasteiger partial charge < -0.3 is 10.1 Å². The fraction of sp³-hybridized carbons (Fsp3) is 0.400. The number of carbonyl (C=O) groups excluding carboxylic acids is 1. The van der Waals surface area contributed by atoms with Gasteiger partial charge in [0, 0.05) is 5.92 Å². The fourth-order valence-corrected chi connectivity index (χ4v) is 4.50. The van der Waals surface area contributed by atoms with Crippen LogP contribution >= 0.6 is 0 Å². The summed E-state index contributed by atoms with van der Waals surface area (Å²) in [5, 5.41) is 2.48. The van der Waals surface area contributed by atoms with Crippen molar-refractivity contribution in [1.82, 2.24) is 0 Å². The van der Waals surface area contributed by atoms with E-state index in [1.165, 1.54) is 5.57 Å². The van der Waals surface area contributed by atoms with Gasteiger partial charge in [-0.05, 0) is 72.9 Å². The van der Waals surface area contributed by atoms with E-state index >= 15 is 0 Å². The average molecular weight is 447 g/mol. The highest BCUT2D eigenvalue weighted by atomic mass is 19.4. The van der Waals surface area contributed by atoms with Crippen LogP contribution in [0.2, 0.25) is 0 Å². The van der Waals surface area contributed by atoms with Crippen LogP contribution in [0.15, 0.2) is 48.7 Å². The quantitative estimate of drug-likeness (QED) is 0.517. The van der Waals surface area contributed by atoms with Crippen LogP contribution in [0, 0.1) is 11.7 Å². The van der Waals surface area contributed by atoms with Crippen molar-refractivity contribution in [3.05, 3.63) is 71.2 Å². The average Bonchev–Trinajstić information content (AvgIpc) is 2.80. The van der Waals surface area contributed by atoms with Crippen molar-refractivity contribution in [3.63, 3.8) is 0 Å². The van der Waals surface area contributed by atoms with Crippen molar-refractivity contribution in [2.75, 3.05) is 11.9 Å². The molecule has 1 aliphatic carbocycles. The molecule has 170 valence electrons. The number of nitrogens with one attached hydrogen (secondary N) is 1. The largest absolute Gasteiger partial charge is 0.501 e. The second-order valence-electron chi connectivity index (χ2n) is 8.48.